The lowest BCUT2D eigenvalue weighted by atomic mass is 9.95. The van der Waals surface area contributed by atoms with Crippen LogP contribution in [0.2, 0.25) is 0 Å². The van der Waals surface area contributed by atoms with E-state index in [1.54, 1.807) is 37.3 Å². The third-order valence-electron chi connectivity index (χ3n) is 5.90. The Morgan fingerprint density at radius 1 is 1.26 bits per heavy atom. The summed E-state index contributed by atoms with van der Waals surface area (Å²) in [5.41, 5.74) is 0.717. The monoisotopic (exact) mass is 536 g/mol. The number of rotatable bonds is 12. The smallest absolute Gasteiger partial charge is 0.350 e. The molecule has 1 aliphatic rings. The molecular formula is C28H28N2O7S. The first-order chi connectivity index (χ1) is 18.4. The molecule has 0 saturated heterocycles. The Morgan fingerprint density at radius 2 is 2.08 bits per heavy atom. The van der Waals surface area contributed by atoms with E-state index in [0.717, 1.165) is 30.6 Å². The van der Waals surface area contributed by atoms with Gasteiger partial charge in [-0.1, -0.05) is 55.9 Å². The molecule has 1 atom stereocenters. The Morgan fingerprint density at radius 3 is 2.79 bits per heavy atom. The van der Waals surface area contributed by atoms with Crippen LogP contribution >= 0.6 is 11.3 Å². The predicted molar refractivity (Wildman–Crippen MR) is 142 cm³/mol. The van der Waals surface area contributed by atoms with E-state index < -0.39 is 29.5 Å². The van der Waals surface area contributed by atoms with E-state index in [0.29, 0.717) is 23.6 Å². The Hall–Kier alpha value is -4.18. The van der Waals surface area contributed by atoms with Crippen LogP contribution < -0.4 is 9.64 Å². The van der Waals surface area contributed by atoms with Crippen molar-refractivity contribution >= 4 is 34.1 Å². The average Bonchev–Trinajstić information content (AvgIpc) is 3.64. The number of aryl methyl sites for hydroxylation is 1. The van der Waals surface area contributed by atoms with Crippen molar-refractivity contribution in [2.75, 3.05) is 18.1 Å². The summed E-state index contributed by atoms with van der Waals surface area (Å²) in [6, 6.07) is 8.97. The fraction of sp³-hybridized carbons (Fsp3) is 0.286. The second-order valence-corrected chi connectivity index (χ2v) is 9.55. The van der Waals surface area contributed by atoms with Crippen molar-refractivity contribution in [1.29, 1.82) is 0 Å². The summed E-state index contributed by atoms with van der Waals surface area (Å²) >= 11 is 0.936. The van der Waals surface area contributed by atoms with Crippen LogP contribution in [0.5, 0.6) is 5.75 Å². The number of amides is 1. The van der Waals surface area contributed by atoms with Crippen LogP contribution in [0, 0.1) is 6.92 Å². The van der Waals surface area contributed by atoms with E-state index in [4.69, 9.17) is 13.9 Å². The molecule has 0 fully saturated rings. The van der Waals surface area contributed by atoms with Crippen LogP contribution in [0.15, 0.2) is 71.1 Å². The van der Waals surface area contributed by atoms with Crippen molar-refractivity contribution in [2.24, 2.45) is 0 Å². The normalized spacial score (nSPS) is 15.2. The Bertz CT molecular complexity index is 1370. The summed E-state index contributed by atoms with van der Waals surface area (Å²) in [5.74, 6) is -2.25. The molecule has 3 heterocycles. The number of nitrogens with zero attached hydrogens (tertiary/aromatic N) is 2. The van der Waals surface area contributed by atoms with E-state index in [1.807, 2.05) is 0 Å². The third kappa shape index (κ3) is 5.40. The zero-order chi connectivity index (χ0) is 27.2. The van der Waals surface area contributed by atoms with Gasteiger partial charge < -0.3 is 19.0 Å². The molecule has 0 bridgehead atoms. The maximum absolute atomic E-state index is 13.4. The van der Waals surface area contributed by atoms with Crippen molar-refractivity contribution < 1.29 is 33.4 Å². The minimum absolute atomic E-state index is 0.0198. The number of aliphatic hydroxyl groups is 1. The summed E-state index contributed by atoms with van der Waals surface area (Å²) in [4.78, 5) is 45.2. The number of hydrogen-bond donors (Lipinski definition) is 1. The number of furan rings is 1. The van der Waals surface area contributed by atoms with Crippen molar-refractivity contribution in [1.82, 2.24) is 4.98 Å². The van der Waals surface area contributed by atoms with Gasteiger partial charge in [0.25, 0.3) is 5.91 Å². The Labute approximate surface area is 224 Å². The number of aromatic nitrogens is 1. The minimum atomic E-state index is -1.04. The molecule has 0 spiro atoms. The van der Waals surface area contributed by atoms with Crippen molar-refractivity contribution in [3.05, 3.63) is 88.5 Å². The lowest BCUT2D eigenvalue weighted by Gasteiger charge is -2.24. The molecule has 1 N–H and O–H groups in total. The van der Waals surface area contributed by atoms with Gasteiger partial charge in [0.15, 0.2) is 16.7 Å². The SMILES string of the molecule is C=CCOC(=O)c1sc(N2C(=O)C(O)=C(C(=O)c3ccco3)C2c2cccc(OCCCCC)c2)nc1C. The summed E-state index contributed by atoms with van der Waals surface area (Å²) in [6.07, 6.45) is 5.76. The first kappa shape index (κ1) is 26.9. The van der Waals surface area contributed by atoms with Gasteiger partial charge in [0.05, 0.1) is 30.2 Å². The van der Waals surface area contributed by atoms with Gasteiger partial charge in [-0.2, -0.15) is 0 Å². The summed E-state index contributed by atoms with van der Waals surface area (Å²) in [6.45, 7) is 7.80. The fourth-order valence-corrected chi connectivity index (χ4v) is 5.07. The number of carbonyl (C=O) groups is 3. The van der Waals surface area contributed by atoms with E-state index in [2.05, 4.69) is 18.5 Å². The predicted octanol–water partition coefficient (Wildman–Crippen LogP) is 5.74. The number of ketones is 1. The van der Waals surface area contributed by atoms with Crippen LogP contribution in [0.4, 0.5) is 5.13 Å². The second-order valence-electron chi connectivity index (χ2n) is 8.57. The number of aliphatic hydroxyl groups excluding tert-OH is 1. The summed E-state index contributed by atoms with van der Waals surface area (Å²) in [5, 5.41) is 11.1. The molecule has 10 heteroatoms. The van der Waals surface area contributed by atoms with Gasteiger partial charge in [0.2, 0.25) is 5.78 Å². The van der Waals surface area contributed by atoms with Crippen LogP contribution in [-0.2, 0) is 9.53 Å². The Balaban J connectivity index is 1.76. The molecule has 3 aromatic rings. The number of thiazole rings is 1. The van der Waals surface area contributed by atoms with E-state index in [1.165, 1.54) is 23.3 Å². The lowest BCUT2D eigenvalue weighted by molar-refractivity contribution is -0.117. The van der Waals surface area contributed by atoms with Crippen LogP contribution in [-0.4, -0.2) is 41.0 Å². The van der Waals surface area contributed by atoms with Crippen molar-refractivity contribution in [2.45, 2.75) is 39.2 Å². The fourth-order valence-electron chi connectivity index (χ4n) is 4.08. The highest BCUT2D eigenvalue weighted by Crippen LogP contribution is 2.44. The topological polar surface area (TPSA) is 119 Å². The molecule has 0 aliphatic carbocycles. The maximum atomic E-state index is 13.4. The van der Waals surface area contributed by atoms with Gasteiger partial charge in [-0.05, 0) is 43.2 Å². The maximum Gasteiger partial charge on any atom is 0.350 e. The van der Waals surface area contributed by atoms with Crippen molar-refractivity contribution in [3.63, 3.8) is 0 Å². The van der Waals surface area contributed by atoms with E-state index in [-0.39, 0.29) is 27.9 Å². The van der Waals surface area contributed by atoms with Crippen LogP contribution in [0.1, 0.15) is 63.7 Å². The summed E-state index contributed by atoms with van der Waals surface area (Å²) < 4.78 is 16.3. The first-order valence-corrected chi connectivity index (χ1v) is 13.0. The van der Waals surface area contributed by atoms with Gasteiger partial charge in [-0.3, -0.25) is 14.5 Å². The highest BCUT2D eigenvalue weighted by atomic mass is 32.1. The molecule has 9 nitrogen and oxygen atoms in total. The molecule has 1 unspecified atom stereocenters. The molecule has 0 radical (unpaired) electrons. The summed E-state index contributed by atoms with van der Waals surface area (Å²) in [7, 11) is 0. The number of Topliss-reactive ketones (excluding diaryl/α,β-unsaturated/α-hetero) is 1. The quantitative estimate of drug-likeness (QED) is 0.135. The van der Waals surface area contributed by atoms with Gasteiger partial charge >= 0.3 is 5.97 Å². The molecular weight excluding hydrogens is 508 g/mol. The van der Waals surface area contributed by atoms with Gasteiger partial charge in [0.1, 0.15) is 17.2 Å². The molecule has 0 saturated carbocycles. The van der Waals surface area contributed by atoms with Gasteiger partial charge in [0, 0.05) is 0 Å². The number of unbranched alkanes of at least 4 members (excludes halogenated alkanes) is 2. The molecule has 38 heavy (non-hydrogen) atoms. The largest absolute Gasteiger partial charge is 0.503 e. The number of benzene rings is 1. The van der Waals surface area contributed by atoms with E-state index in [9.17, 15) is 19.5 Å². The number of esters is 1. The average molecular weight is 537 g/mol. The number of anilines is 1. The number of carbonyl (C=O) groups excluding carboxylic acids is 3. The molecule has 1 amide bonds. The number of ether oxygens (including phenoxy) is 2. The zero-order valence-electron chi connectivity index (χ0n) is 21.1. The highest BCUT2D eigenvalue weighted by molar-refractivity contribution is 7.17. The number of hydrogen-bond acceptors (Lipinski definition) is 9. The van der Waals surface area contributed by atoms with Crippen molar-refractivity contribution in [3.8, 4) is 5.75 Å². The molecule has 1 aromatic carbocycles. The van der Waals surface area contributed by atoms with E-state index >= 15 is 0 Å². The lowest BCUT2D eigenvalue weighted by Crippen LogP contribution is -2.31. The molecule has 198 valence electrons. The molecule has 2 aromatic heterocycles. The molecule has 1 aliphatic heterocycles. The van der Waals surface area contributed by atoms with Gasteiger partial charge in [-0.15, -0.1) is 0 Å². The Kier molecular flexibility index (Phi) is 8.42. The second kappa shape index (κ2) is 11.9. The first-order valence-electron chi connectivity index (χ1n) is 12.2. The standard InChI is InChI=1S/C28H28N2O7S/c1-4-6-7-14-35-19-11-8-10-18(16-19)22-21(23(31)20-12-9-15-36-20)24(32)26(33)30(22)28-29-17(3)25(38-28)27(34)37-13-5-2/h5,8-12,15-16,22,32H,2,4,6-7,13-14H2,1,3H3. The molecule has 4 rings (SSSR count). The minimum Gasteiger partial charge on any atom is -0.503 e. The zero-order valence-corrected chi connectivity index (χ0v) is 22.0. The van der Waals surface area contributed by atoms with Crippen LogP contribution in [0.3, 0.4) is 0 Å². The van der Waals surface area contributed by atoms with Crippen LogP contribution in [0.25, 0.3) is 0 Å². The third-order valence-corrected chi connectivity index (χ3v) is 7.03. The highest BCUT2D eigenvalue weighted by Gasteiger charge is 2.47. The van der Waals surface area contributed by atoms with Gasteiger partial charge in [-0.25, -0.2) is 9.78 Å².